The first-order valence-electron chi connectivity index (χ1n) is 6.41. The Kier molecular flexibility index (Phi) is 3.79. The summed E-state index contributed by atoms with van der Waals surface area (Å²) in [6.07, 6.45) is 2.10. The molecule has 0 atom stereocenters. The first kappa shape index (κ1) is 12.4. The standard InChI is InChI=1S/C17H17N/c1-3-14-6-5-7-17(16(14)4-2)15-10-8-13(12-18)9-11-15/h5-11H,3-4H2,1-2H3. The normalized spacial score (nSPS) is 10.1. The molecule has 2 rings (SSSR count). The van der Waals surface area contributed by atoms with Gasteiger partial charge in [-0.15, -0.1) is 0 Å². The lowest BCUT2D eigenvalue weighted by Crippen LogP contribution is -1.94. The van der Waals surface area contributed by atoms with E-state index >= 15 is 0 Å². The number of aryl methyl sites for hydroxylation is 1. The summed E-state index contributed by atoms with van der Waals surface area (Å²) in [6.45, 7) is 4.39. The highest BCUT2D eigenvalue weighted by molar-refractivity contribution is 5.69. The van der Waals surface area contributed by atoms with Gasteiger partial charge < -0.3 is 0 Å². The number of rotatable bonds is 3. The van der Waals surface area contributed by atoms with Crippen LogP contribution in [0.1, 0.15) is 30.5 Å². The molecule has 0 unspecified atom stereocenters. The second kappa shape index (κ2) is 5.51. The highest BCUT2D eigenvalue weighted by Gasteiger charge is 2.07. The molecule has 0 aliphatic heterocycles. The van der Waals surface area contributed by atoms with Crippen molar-refractivity contribution < 1.29 is 0 Å². The number of benzene rings is 2. The second-order valence-electron chi connectivity index (χ2n) is 4.34. The Morgan fingerprint density at radius 2 is 1.67 bits per heavy atom. The van der Waals surface area contributed by atoms with Gasteiger partial charge in [-0.2, -0.15) is 5.26 Å². The van der Waals surface area contributed by atoms with Crippen LogP contribution in [-0.2, 0) is 12.8 Å². The van der Waals surface area contributed by atoms with Gasteiger partial charge in [0.25, 0.3) is 0 Å². The van der Waals surface area contributed by atoms with Crippen molar-refractivity contribution in [2.24, 2.45) is 0 Å². The zero-order chi connectivity index (χ0) is 13.0. The molecule has 0 N–H and O–H groups in total. The van der Waals surface area contributed by atoms with Crippen LogP contribution < -0.4 is 0 Å². The lowest BCUT2D eigenvalue weighted by Gasteiger charge is -2.12. The fraction of sp³-hybridized carbons (Fsp3) is 0.235. The summed E-state index contributed by atoms with van der Waals surface area (Å²) >= 11 is 0. The van der Waals surface area contributed by atoms with E-state index in [9.17, 15) is 0 Å². The van der Waals surface area contributed by atoms with E-state index in [4.69, 9.17) is 5.26 Å². The average molecular weight is 235 g/mol. The maximum Gasteiger partial charge on any atom is 0.0991 e. The molecule has 0 bridgehead atoms. The largest absolute Gasteiger partial charge is 0.192 e. The number of hydrogen-bond acceptors (Lipinski definition) is 1. The zero-order valence-corrected chi connectivity index (χ0v) is 10.9. The van der Waals surface area contributed by atoms with Crippen LogP contribution >= 0.6 is 0 Å². The molecular formula is C17H17N. The number of nitrogens with zero attached hydrogens (tertiary/aromatic N) is 1. The summed E-state index contributed by atoms with van der Waals surface area (Å²) < 4.78 is 0. The Bertz CT molecular complexity index is 574. The van der Waals surface area contributed by atoms with Crippen LogP contribution in [0.2, 0.25) is 0 Å². The van der Waals surface area contributed by atoms with Crippen LogP contribution in [0.3, 0.4) is 0 Å². The monoisotopic (exact) mass is 235 g/mol. The van der Waals surface area contributed by atoms with E-state index < -0.39 is 0 Å². The molecule has 0 saturated carbocycles. The minimum atomic E-state index is 0.712. The lowest BCUT2D eigenvalue weighted by atomic mass is 9.92. The zero-order valence-electron chi connectivity index (χ0n) is 10.9. The molecule has 18 heavy (non-hydrogen) atoms. The molecule has 0 heterocycles. The maximum atomic E-state index is 8.83. The average Bonchev–Trinajstić information content (AvgIpc) is 2.46. The van der Waals surface area contributed by atoms with Gasteiger partial charge in [-0.05, 0) is 47.2 Å². The van der Waals surface area contributed by atoms with Gasteiger partial charge in [-0.1, -0.05) is 44.2 Å². The summed E-state index contributed by atoms with van der Waals surface area (Å²) in [5.74, 6) is 0. The van der Waals surface area contributed by atoms with Crippen molar-refractivity contribution in [3.05, 3.63) is 59.2 Å². The van der Waals surface area contributed by atoms with E-state index in [1.54, 1.807) is 0 Å². The fourth-order valence-corrected chi connectivity index (χ4v) is 2.38. The van der Waals surface area contributed by atoms with Gasteiger partial charge in [0.05, 0.1) is 11.6 Å². The number of nitriles is 1. The van der Waals surface area contributed by atoms with Crippen molar-refractivity contribution >= 4 is 0 Å². The Morgan fingerprint density at radius 3 is 2.22 bits per heavy atom. The summed E-state index contributed by atoms with van der Waals surface area (Å²) in [4.78, 5) is 0. The minimum absolute atomic E-state index is 0.712. The Balaban J connectivity index is 2.53. The van der Waals surface area contributed by atoms with Crippen molar-refractivity contribution in [1.29, 1.82) is 5.26 Å². The van der Waals surface area contributed by atoms with Crippen LogP contribution in [0, 0.1) is 11.3 Å². The van der Waals surface area contributed by atoms with Crippen molar-refractivity contribution in [2.75, 3.05) is 0 Å². The lowest BCUT2D eigenvalue weighted by molar-refractivity contribution is 1.04. The first-order valence-corrected chi connectivity index (χ1v) is 6.41. The van der Waals surface area contributed by atoms with Crippen LogP contribution in [0.25, 0.3) is 11.1 Å². The molecule has 0 spiro atoms. The van der Waals surface area contributed by atoms with Gasteiger partial charge in [0.15, 0.2) is 0 Å². The van der Waals surface area contributed by atoms with E-state index in [2.05, 4.69) is 38.1 Å². The van der Waals surface area contributed by atoms with E-state index in [-0.39, 0.29) is 0 Å². The third-order valence-corrected chi connectivity index (χ3v) is 3.33. The van der Waals surface area contributed by atoms with Crippen molar-refractivity contribution in [3.63, 3.8) is 0 Å². The van der Waals surface area contributed by atoms with Crippen molar-refractivity contribution in [2.45, 2.75) is 26.7 Å². The third-order valence-electron chi connectivity index (χ3n) is 3.33. The molecule has 90 valence electrons. The molecule has 0 saturated heterocycles. The molecule has 0 aromatic heterocycles. The van der Waals surface area contributed by atoms with Gasteiger partial charge in [0, 0.05) is 0 Å². The first-order chi connectivity index (χ1) is 8.80. The summed E-state index contributed by atoms with van der Waals surface area (Å²) in [5, 5.41) is 8.83. The minimum Gasteiger partial charge on any atom is -0.192 e. The Labute approximate surface area is 109 Å². The van der Waals surface area contributed by atoms with Gasteiger partial charge in [-0.25, -0.2) is 0 Å². The van der Waals surface area contributed by atoms with E-state index in [0.29, 0.717) is 5.56 Å². The summed E-state index contributed by atoms with van der Waals surface area (Å²) in [5.41, 5.74) is 6.04. The summed E-state index contributed by atoms with van der Waals surface area (Å²) in [6, 6.07) is 16.5. The fourth-order valence-electron chi connectivity index (χ4n) is 2.38. The van der Waals surface area contributed by atoms with Crippen molar-refractivity contribution in [1.82, 2.24) is 0 Å². The van der Waals surface area contributed by atoms with Crippen molar-refractivity contribution in [3.8, 4) is 17.2 Å². The van der Waals surface area contributed by atoms with E-state index in [1.807, 2.05) is 24.3 Å². The molecule has 0 amide bonds. The van der Waals surface area contributed by atoms with Gasteiger partial charge in [-0.3, -0.25) is 0 Å². The molecule has 1 heteroatoms. The molecule has 0 radical (unpaired) electrons. The Morgan fingerprint density at radius 1 is 0.944 bits per heavy atom. The molecular weight excluding hydrogens is 218 g/mol. The highest BCUT2D eigenvalue weighted by Crippen LogP contribution is 2.27. The van der Waals surface area contributed by atoms with E-state index in [0.717, 1.165) is 12.8 Å². The predicted molar refractivity (Wildman–Crippen MR) is 75.3 cm³/mol. The number of hydrogen-bond donors (Lipinski definition) is 0. The quantitative estimate of drug-likeness (QED) is 0.775. The topological polar surface area (TPSA) is 23.8 Å². The van der Waals surface area contributed by atoms with E-state index in [1.165, 1.54) is 22.3 Å². The maximum absolute atomic E-state index is 8.83. The summed E-state index contributed by atoms with van der Waals surface area (Å²) in [7, 11) is 0. The Hall–Kier alpha value is -2.07. The highest BCUT2D eigenvalue weighted by atomic mass is 14.2. The predicted octanol–water partition coefficient (Wildman–Crippen LogP) is 4.35. The van der Waals surface area contributed by atoms with Crippen LogP contribution in [0.15, 0.2) is 42.5 Å². The molecule has 2 aromatic rings. The third kappa shape index (κ3) is 2.28. The molecule has 0 aliphatic carbocycles. The van der Waals surface area contributed by atoms with Crippen LogP contribution in [0.5, 0.6) is 0 Å². The van der Waals surface area contributed by atoms with Gasteiger partial charge >= 0.3 is 0 Å². The molecule has 1 nitrogen and oxygen atoms in total. The molecule has 0 fully saturated rings. The second-order valence-corrected chi connectivity index (χ2v) is 4.34. The molecule has 0 aliphatic rings. The van der Waals surface area contributed by atoms with Gasteiger partial charge in [0.1, 0.15) is 0 Å². The van der Waals surface area contributed by atoms with Crippen LogP contribution in [-0.4, -0.2) is 0 Å². The van der Waals surface area contributed by atoms with Gasteiger partial charge in [0.2, 0.25) is 0 Å². The smallest absolute Gasteiger partial charge is 0.0991 e. The molecule has 2 aromatic carbocycles. The van der Waals surface area contributed by atoms with Crippen LogP contribution in [0.4, 0.5) is 0 Å². The SMILES string of the molecule is CCc1cccc(-c2ccc(C#N)cc2)c1CC.